The second-order valence-corrected chi connectivity index (χ2v) is 8.41. The fourth-order valence-electron chi connectivity index (χ4n) is 5.14. The molecule has 0 amide bonds. The van der Waals surface area contributed by atoms with Crippen molar-refractivity contribution in [1.29, 1.82) is 0 Å². The topological polar surface area (TPSA) is 46.9 Å². The van der Waals surface area contributed by atoms with E-state index in [1.54, 1.807) is 0 Å². The predicted molar refractivity (Wildman–Crippen MR) is 112 cm³/mol. The van der Waals surface area contributed by atoms with Gasteiger partial charge in [-0.1, -0.05) is 29.8 Å². The molecule has 2 unspecified atom stereocenters. The van der Waals surface area contributed by atoms with E-state index in [-0.39, 0.29) is 5.92 Å². The summed E-state index contributed by atoms with van der Waals surface area (Å²) in [6.07, 6.45) is 10.4. The van der Waals surface area contributed by atoms with Crippen LogP contribution in [0.15, 0.2) is 47.7 Å². The predicted octanol–water partition coefficient (Wildman–Crippen LogP) is 5.36. The number of nitrogens with one attached hydrogen (secondary N) is 1. The number of hydrogen-bond acceptors (Lipinski definition) is 3. The van der Waals surface area contributed by atoms with E-state index < -0.39 is 0 Å². The van der Waals surface area contributed by atoms with Crippen molar-refractivity contribution in [2.45, 2.75) is 58.3 Å². The summed E-state index contributed by atoms with van der Waals surface area (Å²) in [5, 5.41) is 8.56. The smallest absolute Gasteiger partial charge is 0.161 e. The zero-order chi connectivity index (χ0) is 19.3. The van der Waals surface area contributed by atoms with E-state index in [4.69, 9.17) is 5.10 Å². The summed E-state index contributed by atoms with van der Waals surface area (Å²) in [7, 11) is 0. The zero-order valence-corrected chi connectivity index (χ0v) is 16.7. The van der Waals surface area contributed by atoms with Crippen molar-refractivity contribution in [2.24, 2.45) is 5.92 Å². The molecule has 2 atom stereocenters. The Balaban J connectivity index is 1.68. The van der Waals surface area contributed by atoms with Gasteiger partial charge in [0.05, 0.1) is 11.4 Å². The molecule has 0 spiro atoms. The molecule has 1 aromatic carbocycles. The summed E-state index contributed by atoms with van der Waals surface area (Å²) >= 11 is 0. The molecule has 4 heteroatoms. The van der Waals surface area contributed by atoms with Crippen LogP contribution in [0.2, 0.25) is 0 Å². The van der Waals surface area contributed by atoms with Crippen LogP contribution in [0.1, 0.15) is 61.3 Å². The highest BCUT2D eigenvalue weighted by Gasteiger charge is 2.41. The molecular weight excluding hydrogens is 346 g/mol. The standard InChI is InChI=1S/C24H27N3O/c1-15-11-13-18(14-12-15)27-24-21(16(2)26-27)22(17-7-4-3-5-8-17)23-19(25-24)9-6-10-20(23)28/h3-4,11-14,17,22,25H,5-10H2,1-2H3. The molecule has 2 heterocycles. The maximum absolute atomic E-state index is 13.0. The van der Waals surface area contributed by atoms with Crippen LogP contribution < -0.4 is 5.32 Å². The molecule has 5 rings (SSSR count). The SMILES string of the molecule is Cc1ccc(-n2nc(C)c3c2NC2=C(C(=O)CCC2)C3C2CC=CCC2)cc1. The van der Waals surface area contributed by atoms with Gasteiger partial charge in [-0.15, -0.1) is 0 Å². The highest BCUT2D eigenvalue weighted by molar-refractivity contribution is 6.00. The number of anilines is 1. The Kier molecular flexibility index (Phi) is 4.22. The maximum Gasteiger partial charge on any atom is 0.161 e. The van der Waals surface area contributed by atoms with Crippen LogP contribution in [0.25, 0.3) is 5.69 Å². The van der Waals surface area contributed by atoms with Crippen LogP contribution in [-0.2, 0) is 4.79 Å². The van der Waals surface area contributed by atoms with E-state index in [1.165, 1.54) is 11.1 Å². The molecule has 0 saturated carbocycles. The normalized spacial score (nSPS) is 24.0. The Morgan fingerprint density at radius 3 is 2.68 bits per heavy atom. The molecule has 2 aromatic rings. The largest absolute Gasteiger partial charge is 0.343 e. The van der Waals surface area contributed by atoms with E-state index in [0.29, 0.717) is 18.1 Å². The van der Waals surface area contributed by atoms with Gasteiger partial charge >= 0.3 is 0 Å². The number of hydrogen-bond donors (Lipinski definition) is 1. The molecular formula is C24H27N3O. The number of rotatable bonds is 2. The Hall–Kier alpha value is -2.62. The lowest BCUT2D eigenvalue weighted by Crippen LogP contribution is -2.31. The number of aromatic nitrogens is 2. The van der Waals surface area contributed by atoms with Crippen molar-refractivity contribution in [3.63, 3.8) is 0 Å². The first-order chi connectivity index (χ1) is 13.6. The van der Waals surface area contributed by atoms with Gasteiger partial charge in [0.25, 0.3) is 0 Å². The van der Waals surface area contributed by atoms with Gasteiger partial charge in [0, 0.05) is 29.2 Å². The van der Waals surface area contributed by atoms with E-state index in [9.17, 15) is 4.79 Å². The van der Waals surface area contributed by atoms with Crippen molar-refractivity contribution < 1.29 is 4.79 Å². The van der Waals surface area contributed by atoms with Crippen molar-refractivity contribution >= 4 is 11.6 Å². The van der Waals surface area contributed by atoms with Crippen molar-refractivity contribution in [1.82, 2.24) is 9.78 Å². The fourth-order valence-corrected chi connectivity index (χ4v) is 5.14. The van der Waals surface area contributed by atoms with E-state index in [0.717, 1.165) is 60.6 Å². The third-order valence-electron chi connectivity index (χ3n) is 6.51. The van der Waals surface area contributed by atoms with Gasteiger partial charge in [-0.3, -0.25) is 4.79 Å². The van der Waals surface area contributed by atoms with E-state index >= 15 is 0 Å². The Labute approximate surface area is 166 Å². The van der Waals surface area contributed by atoms with Crippen LogP contribution in [0.5, 0.6) is 0 Å². The van der Waals surface area contributed by atoms with E-state index in [2.05, 4.69) is 55.6 Å². The summed E-state index contributed by atoms with van der Waals surface area (Å²) in [4.78, 5) is 13.0. The second kappa shape index (κ2) is 6.77. The maximum atomic E-state index is 13.0. The monoisotopic (exact) mass is 373 g/mol. The second-order valence-electron chi connectivity index (χ2n) is 8.41. The molecule has 0 radical (unpaired) electrons. The first-order valence-electron chi connectivity index (χ1n) is 10.5. The minimum atomic E-state index is 0.170. The van der Waals surface area contributed by atoms with Crippen LogP contribution in [0, 0.1) is 19.8 Å². The van der Waals surface area contributed by atoms with Gasteiger partial charge in [-0.25, -0.2) is 4.68 Å². The number of nitrogens with zero attached hydrogens (tertiary/aromatic N) is 2. The van der Waals surface area contributed by atoms with Gasteiger partial charge in [-0.2, -0.15) is 5.10 Å². The van der Waals surface area contributed by atoms with Gasteiger partial charge in [0.2, 0.25) is 0 Å². The van der Waals surface area contributed by atoms with Crippen LogP contribution in [-0.4, -0.2) is 15.6 Å². The number of carbonyl (C=O) groups is 1. The summed E-state index contributed by atoms with van der Waals surface area (Å²) in [5.41, 5.74) is 6.75. The van der Waals surface area contributed by atoms with Gasteiger partial charge < -0.3 is 5.32 Å². The molecule has 1 aromatic heterocycles. The first-order valence-corrected chi connectivity index (χ1v) is 10.5. The quantitative estimate of drug-likeness (QED) is 0.721. The molecule has 1 N–H and O–H groups in total. The molecule has 28 heavy (non-hydrogen) atoms. The number of Topliss-reactive ketones (excluding diaryl/α,β-unsaturated/α-hetero) is 1. The van der Waals surface area contributed by atoms with Crippen LogP contribution >= 0.6 is 0 Å². The number of allylic oxidation sites excluding steroid dienone is 4. The molecule has 0 saturated heterocycles. The Morgan fingerprint density at radius 2 is 1.93 bits per heavy atom. The molecule has 4 nitrogen and oxygen atoms in total. The average molecular weight is 374 g/mol. The molecule has 2 aliphatic carbocycles. The molecule has 3 aliphatic rings. The van der Waals surface area contributed by atoms with Crippen molar-refractivity contribution in [2.75, 3.05) is 5.32 Å². The van der Waals surface area contributed by atoms with Crippen LogP contribution in [0.4, 0.5) is 5.82 Å². The average Bonchev–Trinajstić information content (AvgIpc) is 3.04. The summed E-state index contributed by atoms with van der Waals surface area (Å²) in [6, 6.07) is 8.50. The number of aryl methyl sites for hydroxylation is 2. The highest BCUT2D eigenvalue weighted by atomic mass is 16.1. The minimum Gasteiger partial charge on any atom is -0.343 e. The summed E-state index contributed by atoms with van der Waals surface area (Å²) in [6.45, 7) is 4.19. The van der Waals surface area contributed by atoms with Crippen molar-refractivity contribution in [3.8, 4) is 5.69 Å². The van der Waals surface area contributed by atoms with Gasteiger partial charge in [0.1, 0.15) is 5.82 Å². The molecule has 0 fully saturated rings. The highest BCUT2D eigenvalue weighted by Crippen LogP contribution is 2.49. The summed E-state index contributed by atoms with van der Waals surface area (Å²) < 4.78 is 2.04. The molecule has 144 valence electrons. The zero-order valence-electron chi connectivity index (χ0n) is 16.7. The van der Waals surface area contributed by atoms with Gasteiger partial charge in [-0.05, 0) is 64.0 Å². The number of ketones is 1. The lowest BCUT2D eigenvalue weighted by atomic mass is 9.70. The third kappa shape index (κ3) is 2.74. The number of fused-ring (bicyclic) bond motifs is 1. The van der Waals surface area contributed by atoms with Crippen molar-refractivity contribution in [3.05, 3.63) is 64.5 Å². The lowest BCUT2D eigenvalue weighted by Gasteiger charge is -2.37. The fraction of sp³-hybridized carbons (Fsp3) is 0.417. The van der Waals surface area contributed by atoms with Crippen LogP contribution in [0.3, 0.4) is 0 Å². The van der Waals surface area contributed by atoms with Gasteiger partial charge in [0.15, 0.2) is 5.78 Å². The Morgan fingerprint density at radius 1 is 1.11 bits per heavy atom. The summed E-state index contributed by atoms with van der Waals surface area (Å²) in [5.74, 6) is 2.05. The Bertz CT molecular complexity index is 994. The lowest BCUT2D eigenvalue weighted by molar-refractivity contribution is -0.116. The number of carbonyl (C=O) groups excluding carboxylic acids is 1. The molecule has 0 bridgehead atoms. The first kappa shape index (κ1) is 17.5. The van der Waals surface area contributed by atoms with E-state index in [1.807, 2.05) is 4.68 Å². The molecule has 1 aliphatic heterocycles. The number of benzene rings is 1. The third-order valence-corrected chi connectivity index (χ3v) is 6.51. The minimum absolute atomic E-state index is 0.170.